The molecule has 164 valence electrons. The van der Waals surface area contributed by atoms with Crippen LogP contribution >= 0.6 is 24.0 Å². The van der Waals surface area contributed by atoms with Gasteiger partial charge in [0, 0.05) is 39.3 Å². The van der Waals surface area contributed by atoms with E-state index in [-0.39, 0.29) is 24.0 Å². The van der Waals surface area contributed by atoms with Crippen LogP contribution in [0.1, 0.15) is 19.8 Å². The van der Waals surface area contributed by atoms with Crippen molar-refractivity contribution in [3.8, 4) is 5.75 Å². The quantitative estimate of drug-likeness (QED) is 0.297. The minimum atomic E-state index is -0.553. The number of rotatable bonds is 9. The largest absolute Gasteiger partial charge is 0.495 e. The molecule has 1 aromatic rings. The van der Waals surface area contributed by atoms with Crippen molar-refractivity contribution in [2.75, 3.05) is 64.5 Å². The van der Waals surface area contributed by atoms with Gasteiger partial charge >= 0.3 is 0 Å². The summed E-state index contributed by atoms with van der Waals surface area (Å²) in [6.45, 7) is 7.91. The van der Waals surface area contributed by atoms with E-state index >= 15 is 0 Å². The van der Waals surface area contributed by atoms with E-state index in [0.29, 0.717) is 19.1 Å². The lowest BCUT2D eigenvalue weighted by Crippen LogP contribution is -2.52. The van der Waals surface area contributed by atoms with Crippen LogP contribution in [-0.2, 0) is 4.74 Å². The zero-order valence-electron chi connectivity index (χ0n) is 17.5. The Morgan fingerprint density at radius 1 is 1.24 bits per heavy atom. The summed E-state index contributed by atoms with van der Waals surface area (Å²) in [6.07, 6.45) is 1.97. The normalized spacial score (nSPS) is 18.2. The molecule has 2 aliphatic rings. The minimum Gasteiger partial charge on any atom is -0.495 e. The molecule has 1 atom stereocenters. The van der Waals surface area contributed by atoms with Gasteiger partial charge in [0.15, 0.2) is 5.96 Å². The van der Waals surface area contributed by atoms with Crippen LogP contribution < -0.4 is 15.0 Å². The Morgan fingerprint density at radius 2 is 1.97 bits per heavy atom. The van der Waals surface area contributed by atoms with Crippen LogP contribution in [0.5, 0.6) is 5.75 Å². The van der Waals surface area contributed by atoms with E-state index < -0.39 is 6.10 Å². The van der Waals surface area contributed by atoms with E-state index in [1.165, 1.54) is 12.8 Å². The Morgan fingerprint density at radius 3 is 2.62 bits per heavy atom. The number of aliphatic hydroxyl groups is 1. The van der Waals surface area contributed by atoms with E-state index in [1.54, 1.807) is 7.11 Å². The molecule has 7 nitrogen and oxygen atoms in total. The highest BCUT2D eigenvalue weighted by Gasteiger charge is 2.23. The summed E-state index contributed by atoms with van der Waals surface area (Å²) in [5.74, 6) is 2.49. The highest BCUT2D eigenvalue weighted by molar-refractivity contribution is 14.0. The van der Waals surface area contributed by atoms with Crippen LogP contribution in [0.2, 0.25) is 0 Å². The van der Waals surface area contributed by atoms with Crippen LogP contribution in [0.25, 0.3) is 0 Å². The third kappa shape index (κ3) is 7.49. The van der Waals surface area contributed by atoms with Gasteiger partial charge in [-0.3, -0.25) is 4.99 Å². The first-order valence-electron chi connectivity index (χ1n) is 10.4. The number of guanidine groups is 1. The van der Waals surface area contributed by atoms with Crippen molar-refractivity contribution in [2.24, 2.45) is 10.9 Å². The Kier molecular flexibility index (Phi) is 10.3. The molecule has 1 unspecified atom stereocenters. The summed E-state index contributed by atoms with van der Waals surface area (Å²) < 4.78 is 11.1. The van der Waals surface area contributed by atoms with Gasteiger partial charge in [0.1, 0.15) is 5.75 Å². The number of benzene rings is 1. The first-order chi connectivity index (χ1) is 13.7. The number of para-hydroxylation sites is 2. The summed E-state index contributed by atoms with van der Waals surface area (Å²) in [5, 5.41) is 13.5. The zero-order valence-corrected chi connectivity index (χ0v) is 19.9. The lowest BCUT2D eigenvalue weighted by atomic mass is 10.2. The fourth-order valence-electron chi connectivity index (χ4n) is 3.38. The second-order valence-corrected chi connectivity index (χ2v) is 7.48. The number of hydrogen-bond acceptors (Lipinski definition) is 5. The number of aliphatic imine (C=N–C) groups is 1. The Bertz CT molecular complexity index is 634. The first-order valence-corrected chi connectivity index (χ1v) is 10.4. The number of halogens is 1. The van der Waals surface area contributed by atoms with Crippen molar-refractivity contribution in [2.45, 2.75) is 25.9 Å². The third-order valence-electron chi connectivity index (χ3n) is 5.15. The number of ether oxygens (including phenoxy) is 2. The average molecular weight is 518 g/mol. The van der Waals surface area contributed by atoms with Gasteiger partial charge in [-0.05, 0) is 37.8 Å². The summed E-state index contributed by atoms with van der Waals surface area (Å²) in [4.78, 5) is 9.24. The topological polar surface area (TPSA) is 69.6 Å². The molecule has 1 saturated heterocycles. The molecule has 2 N–H and O–H groups in total. The number of aliphatic hydroxyl groups excluding tert-OH is 1. The van der Waals surface area contributed by atoms with Crippen molar-refractivity contribution >= 4 is 35.6 Å². The standard InChI is InChI=1S/C21H34N4O3.HI/c1-3-22-21(23-14-18(26)16-28-15-17-8-9-17)25-12-10-24(11-13-25)19-6-4-5-7-20(19)27-2;/h4-7,17-18,26H,3,8-16H2,1-2H3,(H,22,23);1H. The molecule has 1 heterocycles. The molecule has 1 aromatic carbocycles. The first kappa shape index (κ1) is 24.0. The summed E-state index contributed by atoms with van der Waals surface area (Å²) >= 11 is 0. The Labute approximate surface area is 191 Å². The molecule has 3 rings (SSSR count). The van der Waals surface area contributed by atoms with E-state index in [2.05, 4.69) is 33.1 Å². The summed E-state index contributed by atoms with van der Waals surface area (Å²) in [5.41, 5.74) is 1.13. The number of methoxy groups -OCH3 is 1. The van der Waals surface area contributed by atoms with E-state index in [0.717, 1.165) is 56.7 Å². The smallest absolute Gasteiger partial charge is 0.194 e. The summed E-state index contributed by atoms with van der Waals surface area (Å²) in [6, 6.07) is 8.14. The zero-order chi connectivity index (χ0) is 19.8. The predicted octanol–water partition coefficient (Wildman–Crippen LogP) is 2.19. The fourth-order valence-corrected chi connectivity index (χ4v) is 3.38. The molecule has 0 radical (unpaired) electrons. The van der Waals surface area contributed by atoms with E-state index in [4.69, 9.17) is 9.47 Å². The highest BCUT2D eigenvalue weighted by Crippen LogP contribution is 2.29. The van der Waals surface area contributed by atoms with Crippen LogP contribution in [0, 0.1) is 5.92 Å². The van der Waals surface area contributed by atoms with Gasteiger partial charge in [-0.1, -0.05) is 12.1 Å². The maximum Gasteiger partial charge on any atom is 0.194 e. The number of nitrogens with zero attached hydrogens (tertiary/aromatic N) is 3. The van der Waals surface area contributed by atoms with E-state index in [9.17, 15) is 5.11 Å². The Hall–Kier alpha value is -1.26. The highest BCUT2D eigenvalue weighted by atomic mass is 127. The molecule has 29 heavy (non-hydrogen) atoms. The van der Waals surface area contributed by atoms with Crippen molar-refractivity contribution in [1.29, 1.82) is 0 Å². The van der Waals surface area contributed by atoms with Crippen LogP contribution in [0.3, 0.4) is 0 Å². The molecule has 1 aliphatic carbocycles. The molecule has 8 heteroatoms. The van der Waals surface area contributed by atoms with Crippen LogP contribution in [0.15, 0.2) is 29.3 Å². The maximum atomic E-state index is 10.1. The molecular formula is C21H35IN4O3. The van der Waals surface area contributed by atoms with Gasteiger partial charge in [0.05, 0.1) is 32.1 Å². The molecular weight excluding hydrogens is 483 g/mol. The number of nitrogens with one attached hydrogen (secondary N) is 1. The number of piperazine rings is 1. The SMILES string of the molecule is CCNC(=NCC(O)COCC1CC1)N1CCN(c2ccccc2OC)CC1.I. The van der Waals surface area contributed by atoms with Crippen molar-refractivity contribution in [3.63, 3.8) is 0 Å². The molecule has 0 amide bonds. The number of hydrogen-bond donors (Lipinski definition) is 2. The number of anilines is 1. The molecule has 0 aromatic heterocycles. The monoisotopic (exact) mass is 518 g/mol. The van der Waals surface area contributed by atoms with Crippen molar-refractivity contribution in [1.82, 2.24) is 10.2 Å². The van der Waals surface area contributed by atoms with Gasteiger partial charge < -0.3 is 29.7 Å². The fraction of sp³-hybridized carbons (Fsp3) is 0.667. The van der Waals surface area contributed by atoms with Gasteiger partial charge in [-0.15, -0.1) is 24.0 Å². The second-order valence-electron chi connectivity index (χ2n) is 7.48. The van der Waals surface area contributed by atoms with Crippen LogP contribution in [-0.4, -0.2) is 81.7 Å². The lowest BCUT2D eigenvalue weighted by molar-refractivity contribution is 0.0367. The van der Waals surface area contributed by atoms with Gasteiger partial charge in [0.2, 0.25) is 0 Å². The van der Waals surface area contributed by atoms with Crippen LogP contribution in [0.4, 0.5) is 5.69 Å². The predicted molar refractivity (Wildman–Crippen MR) is 128 cm³/mol. The minimum absolute atomic E-state index is 0. The second kappa shape index (κ2) is 12.4. The van der Waals surface area contributed by atoms with Gasteiger partial charge in [-0.25, -0.2) is 0 Å². The molecule has 1 saturated carbocycles. The van der Waals surface area contributed by atoms with E-state index in [1.807, 2.05) is 18.2 Å². The third-order valence-corrected chi connectivity index (χ3v) is 5.15. The maximum absolute atomic E-state index is 10.1. The molecule has 2 fully saturated rings. The lowest BCUT2D eigenvalue weighted by Gasteiger charge is -2.38. The average Bonchev–Trinajstić information content (AvgIpc) is 3.55. The van der Waals surface area contributed by atoms with Gasteiger partial charge in [-0.2, -0.15) is 0 Å². The van der Waals surface area contributed by atoms with Gasteiger partial charge in [0.25, 0.3) is 0 Å². The molecule has 1 aliphatic heterocycles. The molecule has 0 spiro atoms. The Balaban J connectivity index is 0.00000300. The van der Waals surface area contributed by atoms with Crippen molar-refractivity contribution in [3.05, 3.63) is 24.3 Å². The van der Waals surface area contributed by atoms with Crippen molar-refractivity contribution < 1.29 is 14.6 Å². The summed E-state index contributed by atoms with van der Waals surface area (Å²) in [7, 11) is 1.71. The molecule has 0 bridgehead atoms.